The Kier molecular flexibility index (Phi) is 5.44. The number of nitrogens with two attached hydrogens (primary N) is 1. The van der Waals surface area contributed by atoms with Gasteiger partial charge in [0.05, 0.1) is 6.07 Å². The summed E-state index contributed by atoms with van der Waals surface area (Å²) in [6.07, 6.45) is 1.72. The number of rotatable bonds is 5. The summed E-state index contributed by atoms with van der Waals surface area (Å²) in [6, 6.07) is 2.66. The van der Waals surface area contributed by atoms with E-state index in [0.717, 1.165) is 19.4 Å². The standard InChI is InChI=1S/C13H27N3/c1-11(12(2,3)4)16(6)9-7-8-13(5,15)10-14/h11H,7-9,15H2,1-6H3. The van der Waals surface area contributed by atoms with Gasteiger partial charge in [-0.3, -0.25) is 0 Å². The van der Waals surface area contributed by atoms with Crippen molar-refractivity contribution in [1.29, 1.82) is 5.26 Å². The Hall–Kier alpha value is -0.590. The summed E-state index contributed by atoms with van der Waals surface area (Å²) in [4.78, 5) is 2.34. The van der Waals surface area contributed by atoms with E-state index < -0.39 is 5.54 Å². The van der Waals surface area contributed by atoms with Gasteiger partial charge in [-0.05, 0) is 45.7 Å². The minimum Gasteiger partial charge on any atom is -0.314 e. The molecular formula is C13H27N3. The molecule has 0 radical (unpaired) electrons. The Morgan fingerprint density at radius 3 is 2.19 bits per heavy atom. The van der Waals surface area contributed by atoms with E-state index in [2.05, 4.69) is 45.7 Å². The van der Waals surface area contributed by atoms with E-state index in [1.807, 2.05) is 0 Å². The van der Waals surface area contributed by atoms with Gasteiger partial charge in [0.15, 0.2) is 0 Å². The monoisotopic (exact) mass is 225 g/mol. The molecule has 0 aromatic rings. The fourth-order valence-corrected chi connectivity index (χ4v) is 1.61. The Morgan fingerprint density at radius 2 is 1.81 bits per heavy atom. The van der Waals surface area contributed by atoms with Gasteiger partial charge in [-0.1, -0.05) is 20.8 Å². The summed E-state index contributed by atoms with van der Waals surface area (Å²) in [5.74, 6) is 0. The molecule has 0 fully saturated rings. The van der Waals surface area contributed by atoms with Crippen LogP contribution in [0.5, 0.6) is 0 Å². The van der Waals surface area contributed by atoms with Crippen LogP contribution in [-0.2, 0) is 0 Å². The average Bonchev–Trinajstić information content (AvgIpc) is 2.14. The first-order valence-corrected chi connectivity index (χ1v) is 6.00. The lowest BCUT2D eigenvalue weighted by atomic mass is 9.87. The van der Waals surface area contributed by atoms with Gasteiger partial charge in [0.1, 0.15) is 5.54 Å². The van der Waals surface area contributed by atoms with E-state index in [1.54, 1.807) is 6.92 Å². The van der Waals surface area contributed by atoms with Crippen molar-refractivity contribution in [3.63, 3.8) is 0 Å². The summed E-state index contributed by atoms with van der Waals surface area (Å²) in [5, 5.41) is 8.81. The molecule has 0 aliphatic heterocycles. The van der Waals surface area contributed by atoms with Gasteiger partial charge in [0, 0.05) is 6.04 Å². The van der Waals surface area contributed by atoms with E-state index in [0.29, 0.717) is 6.04 Å². The molecule has 0 aromatic carbocycles. The van der Waals surface area contributed by atoms with Crippen molar-refractivity contribution >= 4 is 0 Å². The largest absolute Gasteiger partial charge is 0.314 e. The smallest absolute Gasteiger partial charge is 0.101 e. The maximum absolute atomic E-state index is 8.81. The van der Waals surface area contributed by atoms with Crippen molar-refractivity contribution < 1.29 is 0 Å². The van der Waals surface area contributed by atoms with E-state index in [1.165, 1.54) is 0 Å². The lowest BCUT2D eigenvalue weighted by molar-refractivity contribution is 0.138. The predicted octanol–water partition coefficient (Wildman–Crippen LogP) is 2.37. The highest BCUT2D eigenvalue weighted by molar-refractivity contribution is 5.00. The molecule has 3 heteroatoms. The Labute approximate surface area is 101 Å². The summed E-state index contributed by atoms with van der Waals surface area (Å²) < 4.78 is 0. The van der Waals surface area contributed by atoms with Crippen LogP contribution in [0.25, 0.3) is 0 Å². The van der Waals surface area contributed by atoms with Crippen molar-refractivity contribution in [3.05, 3.63) is 0 Å². The minimum atomic E-state index is -0.675. The molecule has 0 aromatic heterocycles. The quantitative estimate of drug-likeness (QED) is 0.781. The second kappa shape index (κ2) is 5.65. The van der Waals surface area contributed by atoms with Crippen LogP contribution in [-0.4, -0.2) is 30.1 Å². The highest BCUT2D eigenvalue weighted by atomic mass is 15.1. The van der Waals surface area contributed by atoms with E-state index in [4.69, 9.17) is 11.0 Å². The molecule has 0 aliphatic rings. The molecule has 16 heavy (non-hydrogen) atoms. The molecule has 3 nitrogen and oxygen atoms in total. The lowest BCUT2D eigenvalue weighted by Gasteiger charge is -2.35. The zero-order valence-corrected chi connectivity index (χ0v) is 11.7. The summed E-state index contributed by atoms with van der Waals surface area (Å²) in [5.41, 5.74) is 5.40. The molecule has 0 saturated carbocycles. The lowest BCUT2D eigenvalue weighted by Crippen LogP contribution is -2.41. The molecule has 0 aliphatic carbocycles. The molecule has 0 amide bonds. The Bertz CT molecular complexity index is 245. The Balaban J connectivity index is 4.01. The Morgan fingerprint density at radius 1 is 1.31 bits per heavy atom. The van der Waals surface area contributed by atoms with Crippen LogP contribution in [0.2, 0.25) is 0 Å². The van der Waals surface area contributed by atoms with Crippen molar-refractivity contribution in [1.82, 2.24) is 4.90 Å². The van der Waals surface area contributed by atoms with Gasteiger partial charge in [-0.15, -0.1) is 0 Å². The van der Waals surface area contributed by atoms with Crippen LogP contribution < -0.4 is 5.73 Å². The van der Waals surface area contributed by atoms with Gasteiger partial charge in [0.2, 0.25) is 0 Å². The van der Waals surface area contributed by atoms with Gasteiger partial charge >= 0.3 is 0 Å². The van der Waals surface area contributed by atoms with Crippen molar-refractivity contribution in [2.45, 2.75) is 59.0 Å². The van der Waals surface area contributed by atoms with Crippen LogP contribution in [0.4, 0.5) is 0 Å². The normalized spacial score (nSPS) is 17.9. The first-order chi connectivity index (χ1) is 7.10. The van der Waals surface area contributed by atoms with Crippen molar-refractivity contribution in [2.24, 2.45) is 11.1 Å². The molecule has 0 spiro atoms. The molecule has 0 bridgehead atoms. The SMILES string of the molecule is CC(N(C)CCCC(C)(N)C#N)C(C)(C)C. The van der Waals surface area contributed by atoms with Crippen LogP contribution >= 0.6 is 0 Å². The number of nitriles is 1. The average molecular weight is 225 g/mol. The van der Waals surface area contributed by atoms with Crippen molar-refractivity contribution in [3.8, 4) is 6.07 Å². The predicted molar refractivity (Wildman–Crippen MR) is 69.0 cm³/mol. The first-order valence-electron chi connectivity index (χ1n) is 6.00. The second-order valence-corrected chi connectivity index (χ2v) is 6.16. The molecular weight excluding hydrogens is 198 g/mol. The van der Waals surface area contributed by atoms with Crippen LogP contribution in [0.1, 0.15) is 47.5 Å². The zero-order chi connectivity index (χ0) is 13.0. The highest BCUT2D eigenvalue weighted by Crippen LogP contribution is 2.23. The molecule has 2 atom stereocenters. The van der Waals surface area contributed by atoms with Crippen LogP contribution in [0.3, 0.4) is 0 Å². The molecule has 0 rings (SSSR count). The summed E-state index contributed by atoms with van der Waals surface area (Å²) in [6.45, 7) is 11.8. The topological polar surface area (TPSA) is 53.0 Å². The maximum atomic E-state index is 8.81. The van der Waals surface area contributed by atoms with E-state index >= 15 is 0 Å². The van der Waals surface area contributed by atoms with Gasteiger partial charge < -0.3 is 10.6 Å². The third-order valence-electron chi connectivity index (χ3n) is 3.38. The second-order valence-electron chi connectivity index (χ2n) is 6.16. The molecule has 2 unspecified atom stereocenters. The third-order valence-corrected chi connectivity index (χ3v) is 3.38. The van der Waals surface area contributed by atoms with Gasteiger partial charge in [-0.25, -0.2) is 0 Å². The summed E-state index contributed by atoms with van der Waals surface area (Å²) in [7, 11) is 2.14. The van der Waals surface area contributed by atoms with Crippen LogP contribution in [0.15, 0.2) is 0 Å². The molecule has 2 N–H and O–H groups in total. The van der Waals surface area contributed by atoms with E-state index in [9.17, 15) is 0 Å². The van der Waals surface area contributed by atoms with Crippen LogP contribution in [0, 0.1) is 16.7 Å². The zero-order valence-electron chi connectivity index (χ0n) is 11.7. The highest BCUT2D eigenvalue weighted by Gasteiger charge is 2.24. The van der Waals surface area contributed by atoms with Gasteiger partial charge in [-0.2, -0.15) is 5.26 Å². The third kappa shape index (κ3) is 5.48. The maximum Gasteiger partial charge on any atom is 0.101 e. The molecule has 0 saturated heterocycles. The number of hydrogen-bond acceptors (Lipinski definition) is 3. The van der Waals surface area contributed by atoms with Gasteiger partial charge in [0.25, 0.3) is 0 Å². The fraction of sp³-hybridized carbons (Fsp3) is 0.923. The summed E-state index contributed by atoms with van der Waals surface area (Å²) >= 11 is 0. The molecule has 0 heterocycles. The van der Waals surface area contributed by atoms with E-state index in [-0.39, 0.29) is 5.41 Å². The number of hydrogen-bond donors (Lipinski definition) is 1. The fourth-order valence-electron chi connectivity index (χ4n) is 1.61. The first kappa shape index (κ1) is 15.4. The molecule has 94 valence electrons. The van der Waals surface area contributed by atoms with Crippen molar-refractivity contribution in [2.75, 3.05) is 13.6 Å². The number of nitrogens with zero attached hydrogens (tertiary/aromatic N) is 2. The minimum absolute atomic E-state index is 0.288.